The fraction of sp³-hybridized carbons (Fsp3) is 0.353. The van der Waals surface area contributed by atoms with Gasteiger partial charge in [-0.05, 0) is 24.6 Å². The average Bonchev–Trinajstić information content (AvgIpc) is 3.12. The van der Waals surface area contributed by atoms with Crippen molar-refractivity contribution >= 4 is 27.5 Å². The summed E-state index contributed by atoms with van der Waals surface area (Å²) in [5.41, 5.74) is 2.55. The van der Waals surface area contributed by atoms with Crippen LogP contribution in [-0.4, -0.2) is 41.1 Å². The first-order valence-corrected chi connectivity index (χ1v) is 8.60. The van der Waals surface area contributed by atoms with Gasteiger partial charge in [0.15, 0.2) is 4.80 Å². The highest BCUT2D eigenvalue weighted by atomic mass is 32.1. The van der Waals surface area contributed by atoms with Crippen LogP contribution in [-0.2, 0) is 18.3 Å². The van der Waals surface area contributed by atoms with Crippen LogP contribution in [0.4, 0.5) is 0 Å². The van der Waals surface area contributed by atoms with Gasteiger partial charge in [0.1, 0.15) is 5.56 Å². The molecule has 0 aliphatic heterocycles. The molecule has 0 bridgehead atoms. The second-order valence-corrected chi connectivity index (χ2v) is 6.65. The van der Waals surface area contributed by atoms with Crippen LogP contribution in [0.2, 0.25) is 0 Å². The Labute approximate surface area is 149 Å². The highest BCUT2D eigenvalue weighted by molar-refractivity contribution is 7.16. The third-order valence-corrected chi connectivity index (χ3v) is 4.81. The van der Waals surface area contributed by atoms with E-state index in [2.05, 4.69) is 16.2 Å². The summed E-state index contributed by atoms with van der Waals surface area (Å²) < 4.78 is 15.0. The highest BCUT2D eigenvalue weighted by Gasteiger charge is 2.16. The molecule has 2 aromatic heterocycles. The van der Waals surface area contributed by atoms with Crippen LogP contribution < -0.4 is 9.54 Å². The van der Waals surface area contributed by atoms with Crippen LogP contribution in [0.25, 0.3) is 10.2 Å². The number of hydrogen-bond acceptors (Lipinski definition) is 5. The molecule has 0 atom stereocenters. The number of aromatic nitrogens is 3. The van der Waals surface area contributed by atoms with Gasteiger partial charge in [0.25, 0.3) is 5.91 Å². The lowest BCUT2D eigenvalue weighted by molar-refractivity contribution is 0.0994. The van der Waals surface area contributed by atoms with Crippen LogP contribution >= 0.6 is 11.3 Å². The third-order valence-electron chi connectivity index (χ3n) is 3.77. The lowest BCUT2D eigenvalue weighted by Crippen LogP contribution is -2.19. The fourth-order valence-corrected chi connectivity index (χ4v) is 3.73. The van der Waals surface area contributed by atoms with Crippen LogP contribution in [0.15, 0.2) is 29.4 Å². The van der Waals surface area contributed by atoms with Gasteiger partial charge >= 0.3 is 0 Å². The van der Waals surface area contributed by atoms with Gasteiger partial charge in [-0.3, -0.25) is 9.48 Å². The molecule has 132 valence electrons. The molecule has 1 aromatic carbocycles. The van der Waals surface area contributed by atoms with Gasteiger partial charge < -0.3 is 14.0 Å². The fourth-order valence-electron chi connectivity index (χ4n) is 2.58. The van der Waals surface area contributed by atoms with Crippen molar-refractivity contribution in [3.63, 3.8) is 0 Å². The van der Waals surface area contributed by atoms with Gasteiger partial charge in [-0.1, -0.05) is 17.4 Å². The van der Waals surface area contributed by atoms with Gasteiger partial charge in [0.05, 0.1) is 23.9 Å². The molecule has 0 fully saturated rings. The minimum atomic E-state index is -0.376. The van der Waals surface area contributed by atoms with Crippen LogP contribution in [0, 0.1) is 6.92 Å². The Morgan fingerprint density at radius 3 is 2.88 bits per heavy atom. The van der Waals surface area contributed by atoms with Crippen molar-refractivity contribution in [2.75, 3.05) is 20.8 Å². The lowest BCUT2D eigenvalue weighted by atomic mass is 10.2. The number of fused-ring (bicyclic) bond motifs is 1. The number of hydrogen-bond donors (Lipinski definition) is 0. The van der Waals surface area contributed by atoms with Crippen LogP contribution in [0.3, 0.4) is 0 Å². The van der Waals surface area contributed by atoms with Crippen molar-refractivity contribution in [1.82, 2.24) is 14.3 Å². The lowest BCUT2D eigenvalue weighted by Gasteiger charge is -2.04. The Kier molecular flexibility index (Phi) is 5.00. The molecule has 0 saturated carbocycles. The zero-order chi connectivity index (χ0) is 18.0. The molecule has 0 aliphatic rings. The number of aryl methyl sites for hydroxylation is 2. The number of rotatable bonds is 5. The average molecular weight is 360 g/mol. The molecule has 2 heterocycles. The number of nitrogens with zero attached hydrogens (tertiary/aromatic N) is 4. The van der Waals surface area contributed by atoms with E-state index in [9.17, 15) is 4.79 Å². The molecule has 0 spiro atoms. The first kappa shape index (κ1) is 17.4. The molecular formula is C17H20N4O3S. The largest absolute Gasteiger partial charge is 0.479 e. The summed E-state index contributed by atoms with van der Waals surface area (Å²) in [6, 6.07) is 6.19. The molecule has 0 unspecified atom stereocenters. The summed E-state index contributed by atoms with van der Waals surface area (Å²) >= 11 is 1.48. The van der Waals surface area contributed by atoms with E-state index in [-0.39, 0.29) is 11.8 Å². The SMILES string of the molecule is COCCn1c(=NC(=O)c2cn(C)nc2OC)sc2cc(C)ccc21. The minimum Gasteiger partial charge on any atom is -0.479 e. The number of carbonyl (C=O) groups excluding carboxylic acids is 1. The van der Waals surface area contributed by atoms with Gasteiger partial charge in [0.2, 0.25) is 5.88 Å². The maximum atomic E-state index is 12.6. The van der Waals surface area contributed by atoms with E-state index in [1.165, 1.54) is 28.7 Å². The summed E-state index contributed by atoms with van der Waals surface area (Å²) in [5, 5.41) is 4.11. The molecular weight excluding hydrogens is 340 g/mol. The molecule has 0 N–H and O–H groups in total. The first-order chi connectivity index (χ1) is 12.0. The standard InChI is InChI=1S/C17H20N4O3S/c1-11-5-6-13-14(9-11)25-17(21(13)7-8-23-3)18-15(22)12-10-20(2)19-16(12)24-4/h5-6,9-10H,7-8H2,1-4H3. The normalized spacial score (nSPS) is 12.1. The van der Waals surface area contributed by atoms with Gasteiger partial charge in [-0.25, -0.2) is 0 Å². The number of methoxy groups -OCH3 is 2. The van der Waals surface area contributed by atoms with Crippen LogP contribution in [0.1, 0.15) is 15.9 Å². The van der Waals surface area contributed by atoms with Crippen molar-refractivity contribution in [2.24, 2.45) is 12.0 Å². The summed E-state index contributed by atoms with van der Waals surface area (Å²) in [4.78, 5) is 17.6. The Bertz CT molecular complexity index is 984. The molecule has 8 heteroatoms. The number of carbonyl (C=O) groups is 1. The Balaban J connectivity index is 2.12. The molecule has 0 aliphatic carbocycles. The smallest absolute Gasteiger partial charge is 0.286 e. The molecule has 1 amide bonds. The van der Waals surface area contributed by atoms with Crippen LogP contribution in [0.5, 0.6) is 5.88 Å². The van der Waals surface area contributed by atoms with Gasteiger partial charge in [0, 0.05) is 26.9 Å². The topological polar surface area (TPSA) is 70.6 Å². The highest BCUT2D eigenvalue weighted by Crippen LogP contribution is 2.20. The second kappa shape index (κ2) is 7.20. The second-order valence-electron chi connectivity index (χ2n) is 5.64. The predicted molar refractivity (Wildman–Crippen MR) is 96.1 cm³/mol. The van der Waals surface area contributed by atoms with Crippen molar-refractivity contribution in [1.29, 1.82) is 0 Å². The van der Waals surface area contributed by atoms with Crippen molar-refractivity contribution in [3.05, 3.63) is 40.3 Å². The number of benzene rings is 1. The minimum absolute atomic E-state index is 0.275. The summed E-state index contributed by atoms with van der Waals surface area (Å²) in [7, 11) is 4.88. The zero-order valence-electron chi connectivity index (χ0n) is 14.6. The van der Waals surface area contributed by atoms with E-state index in [1.54, 1.807) is 20.4 Å². The number of amides is 1. The van der Waals surface area contributed by atoms with Crippen molar-refractivity contribution < 1.29 is 14.3 Å². The Hall–Kier alpha value is -2.45. The van der Waals surface area contributed by atoms with E-state index < -0.39 is 0 Å². The maximum absolute atomic E-state index is 12.6. The van der Waals surface area contributed by atoms with Crippen molar-refractivity contribution in [2.45, 2.75) is 13.5 Å². The van der Waals surface area contributed by atoms with Gasteiger partial charge in [-0.15, -0.1) is 5.10 Å². The van der Waals surface area contributed by atoms with E-state index >= 15 is 0 Å². The molecule has 3 aromatic rings. The van der Waals surface area contributed by atoms with Crippen molar-refractivity contribution in [3.8, 4) is 5.88 Å². The first-order valence-electron chi connectivity index (χ1n) is 7.79. The summed E-state index contributed by atoms with van der Waals surface area (Å²) in [5.74, 6) is -0.101. The van der Waals surface area contributed by atoms with E-state index in [4.69, 9.17) is 9.47 Å². The molecule has 25 heavy (non-hydrogen) atoms. The number of thiazole rings is 1. The zero-order valence-corrected chi connectivity index (χ0v) is 15.5. The van der Waals surface area contributed by atoms with E-state index in [1.807, 2.05) is 23.6 Å². The molecule has 7 nitrogen and oxygen atoms in total. The molecule has 0 saturated heterocycles. The third kappa shape index (κ3) is 3.49. The molecule has 0 radical (unpaired) electrons. The van der Waals surface area contributed by atoms with E-state index in [0.717, 1.165) is 10.2 Å². The Morgan fingerprint density at radius 2 is 2.16 bits per heavy atom. The monoisotopic (exact) mass is 360 g/mol. The van der Waals surface area contributed by atoms with Gasteiger partial charge in [-0.2, -0.15) is 4.99 Å². The quantitative estimate of drug-likeness (QED) is 0.699. The Morgan fingerprint density at radius 1 is 1.36 bits per heavy atom. The van der Waals surface area contributed by atoms with E-state index in [0.29, 0.717) is 23.5 Å². The maximum Gasteiger partial charge on any atom is 0.286 e. The summed E-state index contributed by atoms with van der Waals surface area (Å²) in [6.07, 6.45) is 1.61. The predicted octanol–water partition coefficient (Wildman–Crippen LogP) is 2.14. The molecule has 3 rings (SSSR count). The number of ether oxygens (including phenoxy) is 2. The summed E-state index contributed by atoms with van der Waals surface area (Å²) in [6.45, 7) is 3.20.